The van der Waals surface area contributed by atoms with Crippen molar-refractivity contribution in [3.8, 4) is 0 Å². The van der Waals surface area contributed by atoms with Crippen LogP contribution in [-0.2, 0) is 24.4 Å². The molecule has 3 aromatic rings. The molecule has 0 fully saturated rings. The van der Waals surface area contributed by atoms with Gasteiger partial charge >= 0.3 is 0 Å². The highest BCUT2D eigenvalue weighted by Gasteiger charge is 2.17. The number of amides is 1. The molecule has 1 aromatic carbocycles. The highest BCUT2D eigenvalue weighted by Crippen LogP contribution is 2.17. The topological polar surface area (TPSA) is 23.6 Å². The van der Waals surface area contributed by atoms with Crippen molar-refractivity contribution in [3.05, 3.63) is 80.7 Å². The van der Waals surface area contributed by atoms with Crippen LogP contribution in [0.1, 0.15) is 15.3 Å². The Morgan fingerprint density at radius 1 is 0.840 bits per heavy atom. The molecule has 1 amide bonds. The average Bonchev–Trinajstić information content (AvgIpc) is 3.29. The van der Waals surface area contributed by atoms with Crippen LogP contribution in [0.4, 0.5) is 0 Å². The van der Waals surface area contributed by atoms with Gasteiger partial charge in [-0.25, -0.2) is 0 Å². The van der Waals surface area contributed by atoms with Gasteiger partial charge in [-0.15, -0.1) is 22.7 Å². The maximum atomic E-state index is 12.9. The van der Waals surface area contributed by atoms with Crippen molar-refractivity contribution in [2.75, 3.05) is 13.6 Å². The van der Waals surface area contributed by atoms with Gasteiger partial charge in [0.05, 0.1) is 19.6 Å². The van der Waals surface area contributed by atoms with Crippen LogP contribution in [0.2, 0.25) is 0 Å². The summed E-state index contributed by atoms with van der Waals surface area (Å²) in [4.78, 5) is 19.4. The third-order valence-corrected chi connectivity index (χ3v) is 5.63. The predicted octanol–water partition coefficient (Wildman–Crippen LogP) is 4.47. The molecule has 0 saturated carbocycles. The minimum Gasteiger partial charge on any atom is -0.331 e. The first kappa shape index (κ1) is 17.9. The number of thiophene rings is 2. The van der Waals surface area contributed by atoms with E-state index in [0.29, 0.717) is 19.6 Å². The van der Waals surface area contributed by atoms with Crippen molar-refractivity contribution in [1.29, 1.82) is 0 Å². The number of carbonyl (C=O) groups excluding carboxylic acids is 1. The molecule has 3 rings (SSSR count). The number of hydrogen-bond acceptors (Lipinski definition) is 4. The Balaban J connectivity index is 1.63. The molecule has 5 heteroatoms. The Labute approximate surface area is 157 Å². The summed E-state index contributed by atoms with van der Waals surface area (Å²) in [5.41, 5.74) is 1.22. The highest BCUT2D eigenvalue weighted by molar-refractivity contribution is 7.10. The molecule has 2 aromatic heterocycles. The molecular weight excluding hydrogens is 348 g/mol. The van der Waals surface area contributed by atoms with Crippen LogP contribution in [0, 0.1) is 0 Å². The van der Waals surface area contributed by atoms with E-state index in [2.05, 4.69) is 39.9 Å². The van der Waals surface area contributed by atoms with Gasteiger partial charge in [0.2, 0.25) is 5.91 Å². The fourth-order valence-electron chi connectivity index (χ4n) is 2.70. The lowest BCUT2D eigenvalue weighted by Crippen LogP contribution is -2.37. The fraction of sp³-hybridized carbons (Fsp3) is 0.250. The van der Waals surface area contributed by atoms with E-state index in [1.807, 2.05) is 42.3 Å². The number of likely N-dealkylation sites (N-methyl/N-ethyl adjacent to an activating group) is 1. The van der Waals surface area contributed by atoms with E-state index < -0.39 is 0 Å². The lowest BCUT2D eigenvalue weighted by atomic mass is 10.2. The van der Waals surface area contributed by atoms with Gasteiger partial charge in [-0.2, -0.15) is 0 Å². The summed E-state index contributed by atoms with van der Waals surface area (Å²) < 4.78 is 0. The minimum absolute atomic E-state index is 0.167. The third kappa shape index (κ3) is 5.53. The van der Waals surface area contributed by atoms with E-state index in [0.717, 1.165) is 6.54 Å². The Morgan fingerprint density at radius 2 is 1.44 bits per heavy atom. The molecule has 0 aliphatic carbocycles. The SMILES string of the molecule is CN(CC(=O)N(Cc1cccs1)Cc1cccs1)Cc1ccccc1. The van der Waals surface area contributed by atoms with E-state index in [1.165, 1.54) is 15.3 Å². The van der Waals surface area contributed by atoms with Crippen LogP contribution in [-0.4, -0.2) is 29.3 Å². The van der Waals surface area contributed by atoms with Crippen LogP contribution >= 0.6 is 22.7 Å². The molecule has 0 aliphatic heterocycles. The summed E-state index contributed by atoms with van der Waals surface area (Å²) in [7, 11) is 2.00. The number of hydrogen-bond donors (Lipinski definition) is 0. The molecule has 130 valence electrons. The van der Waals surface area contributed by atoms with Crippen molar-refractivity contribution in [2.45, 2.75) is 19.6 Å². The summed E-state index contributed by atoms with van der Waals surface area (Å²) in [6.07, 6.45) is 0. The van der Waals surface area contributed by atoms with Crippen LogP contribution in [0.3, 0.4) is 0 Å². The smallest absolute Gasteiger partial charge is 0.237 e. The Hall–Kier alpha value is -1.95. The van der Waals surface area contributed by atoms with Gasteiger partial charge < -0.3 is 4.90 Å². The van der Waals surface area contributed by atoms with Crippen LogP contribution in [0.15, 0.2) is 65.4 Å². The largest absolute Gasteiger partial charge is 0.331 e. The quantitative estimate of drug-likeness (QED) is 0.584. The third-order valence-electron chi connectivity index (χ3n) is 3.91. The first-order chi connectivity index (χ1) is 12.2. The monoisotopic (exact) mass is 370 g/mol. The van der Waals surface area contributed by atoms with Gasteiger partial charge in [0.1, 0.15) is 0 Å². The van der Waals surface area contributed by atoms with Crippen LogP contribution in [0.5, 0.6) is 0 Å². The van der Waals surface area contributed by atoms with Gasteiger partial charge in [0.25, 0.3) is 0 Å². The standard InChI is InChI=1S/C20H22N2OS2/c1-21(13-17-7-3-2-4-8-17)16-20(23)22(14-18-9-5-11-24-18)15-19-10-6-12-25-19/h2-12H,13-16H2,1H3. The molecule has 0 bridgehead atoms. The number of carbonyl (C=O) groups is 1. The van der Waals surface area contributed by atoms with Crippen LogP contribution < -0.4 is 0 Å². The van der Waals surface area contributed by atoms with E-state index in [9.17, 15) is 4.79 Å². The predicted molar refractivity (Wildman–Crippen MR) is 106 cm³/mol. The number of nitrogens with zero attached hydrogens (tertiary/aromatic N) is 2. The second-order valence-electron chi connectivity index (χ2n) is 6.07. The molecule has 0 saturated heterocycles. The molecule has 3 nitrogen and oxygen atoms in total. The summed E-state index contributed by atoms with van der Waals surface area (Å²) in [5.74, 6) is 0.167. The van der Waals surface area contributed by atoms with Crippen molar-refractivity contribution >= 4 is 28.6 Å². The zero-order valence-corrected chi connectivity index (χ0v) is 15.9. The van der Waals surface area contributed by atoms with Gasteiger partial charge in [0.15, 0.2) is 0 Å². The molecular formula is C20H22N2OS2. The minimum atomic E-state index is 0.167. The fourth-order valence-corrected chi connectivity index (χ4v) is 4.13. The van der Waals surface area contributed by atoms with Crippen molar-refractivity contribution in [3.63, 3.8) is 0 Å². The van der Waals surface area contributed by atoms with Crippen molar-refractivity contribution < 1.29 is 4.79 Å². The molecule has 25 heavy (non-hydrogen) atoms. The Kier molecular flexibility index (Phi) is 6.39. The van der Waals surface area contributed by atoms with Gasteiger partial charge in [0, 0.05) is 16.3 Å². The first-order valence-electron chi connectivity index (χ1n) is 8.26. The summed E-state index contributed by atoms with van der Waals surface area (Å²) in [5, 5.41) is 4.12. The number of rotatable bonds is 8. The molecule has 0 aliphatic rings. The Bertz CT molecular complexity index is 718. The molecule has 0 radical (unpaired) electrons. The molecule has 0 unspecified atom stereocenters. The molecule has 0 atom stereocenters. The van der Waals surface area contributed by atoms with Gasteiger partial charge in [-0.1, -0.05) is 42.5 Å². The molecule has 0 N–H and O–H groups in total. The Morgan fingerprint density at radius 3 is 1.96 bits per heavy atom. The summed E-state index contributed by atoms with van der Waals surface area (Å²) in [6.45, 7) is 2.55. The second-order valence-corrected chi connectivity index (χ2v) is 8.13. The second kappa shape index (κ2) is 8.94. The zero-order valence-electron chi connectivity index (χ0n) is 14.3. The van der Waals surface area contributed by atoms with E-state index in [4.69, 9.17) is 0 Å². The maximum Gasteiger partial charge on any atom is 0.237 e. The molecule has 0 spiro atoms. The first-order valence-corrected chi connectivity index (χ1v) is 10.0. The van der Waals surface area contributed by atoms with Crippen molar-refractivity contribution in [2.24, 2.45) is 0 Å². The van der Waals surface area contributed by atoms with Gasteiger partial charge in [-0.05, 0) is 35.5 Å². The van der Waals surface area contributed by atoms with Gasteiger partial charge in [-0.3, -0.25) is 9.69 Å². The lowest BCUT2D eigenvalue weighted by molar-refractivity contribution is -0.133. The van der Waals surface area contributed by atoms with E-state index in [-0.39, 0.29) is 5.91 Å². The van der Waals surface area contributed by atoms with Crippen LogP contribution in [0.25, 0.3) is 0 Å². The van der Waals surface area contributed by atoms with E-state index in [1.54, 1.807) is 22.7 Å². The maximum absolute atomic E-state index is 12.9. The normalized spacial score (nSPS) is 11.0. The average molecular weight is 371 g/mol. The lowest BCUT2D eigenvalue weighted by Gasteiger charge is -2.25. The summed E-state index contributed by atoms with van der Waals surface area (Å²) >= 11 is 3.40. The highest BCUT2D eigenvalue weighted by atomic mass is 32.1. The van der Waals surface area contributed by atoms with E-state index >= 15 is 0 Å². The molecule has 2 heterocycles. The zero-order chi connectivity index (χ0) is 17.5. The van der Waals surface area contributed by atoms with Crippen molar-refractivity contribution in [1.82, 2.24) is 9.80 Å². The summed E-state index contributed by atoms with van der Waals surface area (Å²) in [6, 6.07) is 18.5. The number of benzene rings is 1.